The lowest BCUT2D eigenvalue weighted by Crippen LogP contribution is -2.20. The van der Waals surface area contributed by atoms with Crippen LogP contribution in [0.1, 0.15) is 21.5 Å². The summed E-state index contributed by atoms with van der Waals surface area (Å²) >= 11 is 0. The Kier molecular flexibility index (Phi) is 6.15. The van der Waals surface area contributed by atoms with E-state index in [0.29, 0.717) is 23.5 Å². The van der Waals surface area contributed by atoms with Crippen LogP contribution in [0.2, 0.25) is 0 Å². The number of hydroxylamine groups is 1. The van der Waals surface area contributed by atoms with Crippen molar-refractivity contribution < 1.29 is 14.4 Å². The number of H-pyrrole nitrogens is 1. The van der Waals surface area contributed by atoms with Gasteiger partial charge in [-0.05, 0) is 66.1 Å². The first-order valence-electron chi connectivity index (χ1n) is 11.0. The third kappa shape index (κ3) is 4.71. The van der Waals surface area contributed by atoms with E-state index in [0.717, 1.165) is 33.5 Å². The maximum Gasteiger partial charge on any atom is 0.274 e. The predicted octanol–water partition coefficient (Wildman–Crippen LogP) is 5.65. The maximum absolute atomic E-state index is 13.6. The summed E-state index contributed by atoms with van der Waals surface area (Å²) in [4.78, 5) is 24.7. The summed E-state index contributed by atoms with van der Waals surface area (Å²) in [6.45, 7) is 0. The molecular formula is C28H21FN4O2. The summed E-state index contributed by atoms with van der Waals surface area (Å²) in [5.74, 6) is -0.300. The first-order chi connectivity index (χ1) is 17.1. The molecular weight excluding hydrogens is 443 g/mol. The van der Waals surface area contributed by atoms with Crippen LogP contribution < -0.4 is 5.48 Å². The molecule has 2 heterocycles. The number of benzene rings is 3. The van der Waals surface area contributed by atoms with Crippen molar-refractivity contribution in [2.75, 3.05) is 0 Å². The van der Waals surface area contributed by atoms with Gasteiger partial charge in [-0.25, -0.2) is 14.9 Å². The largest absolute Gasteiger partial charge is 0.337 e. The van der Waals surface area contributed by atoms with Crippen molar-refractivity contribution in [3.63, 3.8) is 0 Å². The van der Waals surface area contributed by atoms with Gasteiger partial charge in [-0.3, -0.25) is 15.0 Å². The van der Waals surface area contributed by atoms with E-state index >= 15 is 0 Å². The molecule has 3 N–H and O–H groups in total. The molecule has 0 aliphatic heterocycles. The number of amides is 1. The normalized spacial score (nSPS) is 10.8. The molecule has 5 aromatic rings. The molecule has 0 radical (unpaired) electrons. The lowest BCUT2D eigenvalue weighted by atomic mass is 9.97. The number of nitrogens with one attached hydrogen (secondary N) is 2. The van der Waals surface area contributed by atoms with Crippen LogP contribution in [0.15, 0.2) is 97.3 Å². The van der Waals surface area contributed by atoms with Gasteiger partial charge in [0.25, 0.3) is 5.91 Å². The lowest BCUT2D eigenvalue weighted by Gasteiger charge is -2.10. The topological polar surface area (TPSA) is 90.9 Å². The third-order valence-corrected chi connectivity index (χ3v) is 5.75. The van der Waals surface area contributed by atoms with Crippen molar-refractivity contribution in [3.8, 4) is 33.9 Å². The molecule has 172 valence electrons. The van der Waals surface area contributed by atoms with Gasteiger partial charge in [0.1, 0.15) is 11.6 Å². The Hall–Kier alpha value is -4.62. The SMILES string of the molecule is O=C(NO)c1ccc(-c2nc(-c3ccc(F)cc3)c(-c3ccncc3)[nH]2)cc1Cc1ccccc1. The lowest BCUT2D eigenvalue weighted by molar-refractivity contribution is 0.0705. The summed E-state index contributed by atoms with van der Waals surface area (Å²) in [5.41, 5.74) is 7.75. The zero-order chi connectivity index (χ0) is 24.2. The summed E-state index contributed by atoms with van der Waals surface area (Å²) in [7, 11) is 0. The first kappa shape index (κ1) is 22.2. The molecule has 5 rings (SSSR count). The highest BCUT2D eigenvalue weighted by Gasteiger charge is 2.18. The molecule has 0 saturated carbocycles. The molecule has 1 amide bonds. The number of hydrogen-bond donors (Lipinski definition) is 3. The number of imidazole rings is 1. The van der Waals surface area contributed by atoms with Crippen LogP contribution >= 0.6 is 0 Å². The van der Waals surface area contributed by atoms with Gasteiger partial charge in [-0.1, -0.05) is 36.4 Å². The van der Waals surface area contributed by atoms with Gasteiger partial charge in [0.15, 0.2) is 0 Å². The number of hydrogen-bond acceptors (Lipinski definition) is 4. The van der Waals surface area contributed by atoms with E-state index in [4.69, 9.17) is 4.98 Å². The molecule has 0 aliphatic rings. The van der Waals surface area contributed by atoms with E-state index in [-0.39, 0.29) is 5.82 Å². The fourth-order valence-electron chi connectivity index (χ4n) is 4.04. The monoisotopic (exact) mass is 464 g/mol. The van der Waals surface area contributed by atoms with E-state index in [1.165, 1.54) is 12.1 Å². The molecule has 0 spiro atoms. The van der Waals surface area contributed by atoms with Crippen molar-refractivity contribution in [1.29, 1.82) is 0 Å². The maximum atomic E-state index is 13.6. The van der Waals surface area contributed by atoms with Crippen molar-refractivity contribution in [3.05, 3.63) is 120 Å². The summed E-state index contributed by atoms with van der Waals surface area (Å²) < 4.78 is 13.6. The van der Waals surface area contributed by atoms with E-state index in [1.807, 2.05) is 48.5 Å². The number of rotatable bonds is 6. The Labute approximate surface area is 201 Å². The summed E-state index contributed by atoms with van der Waals surface area (Å²) in [6, 6.07) is 25.0. The molecule has 0 atom stereocenters. The zero-order valence-electron chi connectivity index (χ0n) is 18.6. The highest BCUT2D eigenvalue weighted by Crippen LogP contribution is 2.33. The van der Waals surface area contributed by atoms with E-state index in [9.17, 15) is 14.4 Å². The Morgan fingerprint density at radius 3 is 2.31 bits per heavy atom. The van der Waals surface area contributed by atoms with Crippen LogP contribution in [-0.2, 0) is 6.42 Å². The average molecular weight is 465 g/mol. The molecule has 0 bridgehead atoms. The van der Waals surface area contributed by atoms with Gasteiger partial charge in [-0.15, -0.1) is 0 Å². The van der Waals surface area contributed by atoms with Gasteiger partial charge in [0.2, 0.25) is 0 Å². The minimum Gasteiger partial charge on any atom is -0.337 e. The molecule has 0 unspecified atom stereocenters. The van der Waals surface area contributed by atoms with E-state index in [2.05, 4.69) is 9.97 Å². The number of carbonyl (C=O) groups is 1. The fourth-order valence-corrected chi connectivity index (χ4v) is 4.04. The van der Waals surface area contributed by atoms with Crippen molar-refractivity contribution in [2.45, 2.75) is 6.42 Å². The van der Waals surface area contributed by atoms with Crippen molar-refractivity contribution in [1.82, 2.24) is 20.4 Å². The highest BCUT2D eigenvalue weighted by molar-refractivity contribution is 5.95. The molecule has 2 aromatic heterocycles. The zero-order valence-corrected chi connectivity index (χ0v) is 18.6. The first-order valence-corrected chi connectivity index (χ1v) is 11.0. The van der Waals surface area contributed by atoms with Crippen molar-refractivity contribution in [2.24, 2.45) is 0 Å². The second-order valence-corrected chi connectivity index (χ2v) is 8.03. The number of halogens is 1. The Morgan fingerprint density at radius 2 is 1.60 bits per heavy atom. The molecule has 0 saturated heterocycles. The molecule has 35 heavy (non-hydrogen) atoms. The van der Waals surface area contributed by atoms with Crippen LogP contribution in [0.25, 0.3) is 33.9 Å². The Balaban J connectivity index is 1.63. The van der Waals surface area contributed by atoms with E-state index < -0.39 is 5.91 Å². The summed E-state index contributed by atoms with van der Waals surface area (Å²) in [6.07, 6.45) is 3.90. The molecule has 0 fully saturated rings. The average Bonchev–Trinajstić information content (AvgIpc) is 3.35. The number of nitrogens with zero attached hydrogens (tertiary/aromatic N) is 2. The van der Waals surface area contributed by atoms with Crippen LogP contribution in [0.3, 0.4) is 0 Å². The molecule has 7 heteroatoms. The van der Waals surface area contributed by atoms with Gasteiger partial charge in [0, 0.05) is 34.6 Å². The number of aromatic amines is 1. The number of aromatic nitrogens is 3. The minimum atomic E-state index is -0.577. The van der Waals surface area contributed by atoms with Gasteiger partial charge in [-0.2, -0.15) is 0 Å². The second-order valence-electron chi connectivity index (χ2n) is 8.03. The predicted molar refractivity (Wildman–Crippen MR) is 131 cm³/mol. The van der Waals surface area contributed by atoms with Crippen LogP contribution in [0.5, 0.6) is 0 Å². The third-order valence-electron chi connectivity index (χ3n) is 5.75. The minimum absolute atomic E-state index is 0.321. The number of pyridine rings is 1. The fraction of sp³-hybridized carbons (Fsp3) is 0.0357. The van der Waals surface area contributed by atoms with Crippen LogP contribution in [-0.4, -0.2) is 26.1 Å². The smallest absolute Gasteiger partial charge is 0.274 e. The summed E-state index contributed by atoms with van der Waals surface area (Å²) in [5, 5.41) is 9.23. The quantitative estimate of drug-likeness (QED) is 0.224. The molecule has 0 aliphatic carbocycles. The van der Waals surface area contributed by atoms with E-state index in [1.54, 1.807) is 42.1 Å². The Bertz CT molecular complexity index is 1470. The Morgan fingerprint density at radius 1 is 0.886 bits per heavy atom. The number of carbonyl (C=O) groups excluding carboxylic acids is 1. The molecule has 3 aromatic carbocycles. The van der Waals surface area contributed by atoms with Gasteiger partial charge < -0.3 is 4.98 Å². The highest BCUT2D eigenvalue weighted by atomic mass is 19.1. The standard InChI is InChI=1S/C28H21FN4O2/c29-23-9-6-19(7-10-23)25-26(20-12-14-30-15-13-20)32-27(31-25)21-8-11-24(28(34)33-35)22(17-21)16-18-4-2-1-3-5-18/h1-15,17,35H,16H2,(H,31,32)(H,33,34). The van der Waals surface area contributed by atoms with Gasteiger partial charge in [0.05, 0.1) is 11.4 Å². The molecule has 6 nitrogen and oxygen atoms in total. The van der Waals surface area contributed by atoms with Crippen LogP contribution in [0, 0.1) is 5.82 Å². The van der Waals surface area contributed by atoms with Crippen LogP contribution in [0.4, 0.5) is 4.39 Å². The van der Waals surface area contributed by atoms with Gasteiger partial charge >= 0.3 is 0 Å². The van der Waals surface area contributed by atoms with Crippen molar-refractivity contribution >= 4 is 5.91 Å². The second kappa shape index (κ2) is 9.70.